The number of carbonyl (C=O) groups excluding carboxylic acids is 2. The van der Waals surface area contributed by atoms with Gasteiger partial charge in [0.25, 0.3) is 5.91 Å². The normalized spacial score (nSPS) is 12.1. The van der Waals surface area contributed by atoms with Crippen LogP contribution in [0.5, 0.6) is 0 Å². The smallest absolute Gasteiger partial charge is 0.322 e. The lowest BCUT2D eigenvalue weighted by Gasteiger charge is -2.19. The number of rotatable bonds is 7. The van der Waals surface area contributed by atoms with E-state index < -0.39 is 57.8 Å². The number of carbonyl (C=O) groups is 2. The van der Waals surface area contributed by atoms with E-state index in [9.17, 15) is 40.3 Å². The molecule has 4 rings (SSSR count). The van der Waals surface area contributed by atoms with Crippen molar-refractivity contribution in [1.29, 1.82) is 0 Å². The Labute approximate surface area is 233 Å². The summed E-state index contributed by atoms with van der Waals surface area (Å²) >= 11 is 0.860. The van der Waals surface area contributed by atoms with E-state index in [0.717, 1.165) is 17.3 Å². The van der Waals surface area contributed by atoms with Crippen molar-refractivity contribution in [2.24, 2.45) is 0 Å². The predicted octanol–water partition coefficient (Wildman–Crippen LogP) is 8.29. The lowest BCUT2D eigenvalue weighted by Crippen LogP contribution is -2.23. The molecular formula is C29H19F7N2O2S. The second-order valence-electron chi connectivity index (χ2n) is 8.75. The summed E-state index contributed by atoms with van der Waals surface area (Å²) in [7, 11) is 0. The summed E-state index contributed by atoms with van der Waals surface area (Å²) in [4.78, 5) is 26.3. The van der Waals surface area contributed by atoms with Crippen LogP contribution in [0, 0.1) is 30.2 Å². The topological polar surface area (TPSA) is 58.2 Å². The zero-order chi connectivity index (χ0) is 29.9. The van der Waals surface area contributed by atoms with Crippen LogP contribution in [-0.2, 0) is 11.0 Å². The van der Waals surface area contributed by atoms with Gasteiger partial charge in [-0.05, 0) is 42.8 Å². The Morgan fingerprint density at radius 3 is 2.00 bits per heavy atom. The van der Waals surface area contributed by atoms with E-state index in [2.05, 4.69) is 5.32 Å². The largest absolute Gasteiger partial charge is 0.422 e. The molecule has 2 N–H and O–H groups in total. The number of nitrogens with one attached hydrogen (secondary N) is 2. The highest BCUT2D eigenvalue weighted by Gasteiger charge is 2.42. The van der Waals surface area contributed by atoms with Gasteiger partial charge in [0, 0.05) is 16.1 Å². The van der Waals surface area contributed by atoms with E-state index in [1.807, 2.05) is 13.0 Å². The zero-order valence-electron chi connectivity index (χ0n) is 21.0. The number of aryl methyl sites for hydroxylation is 1. The summed E-state index contributed by atoms with van der Waals surface area (Å²) in [6.07, 6.45) is -5.72. The molecule has 0 fully saturated rings. The maximum Gasteiger partial charge on any atom is 0.422 e. The molecule has 0 aromatic heterocycles. The van der Waals surface area contributed by atoms with Crippen LogP contribution in [0.1, 0.15) is 32.3 Å². The Morgan fingerprint density at radius 1 is 0.756 bits per heavy atom. The van der Waals surface area contributed by atoms with Crippen molar-refractivity contribution in [2.75, 3.05) is 10.6 Å². The molecule has 41 heavy (non-hydrogen) atoms. The third kappa shape index (κ3) is 6.71. The van der Waals surface area contributed by atoms with Gasteiger partial charge in [0.1, 0.15) is 16.5 Å². The van der Waals surface area contributed by atoms with Crippen LogP contribution in [-0.4, -0.2) is 11.8 Å². The molecule has 0 aliphatic carbocycles. The summed E-state index contributed by atoms with van der Waals surface area (Å²) in [5.74, 6) is -11.7. The van der Waals surface area contributed by atoms with E-state index >= 15 is 0 Å². The van der Waals surface area contributed by atoms with Gasteiger partial charge < -0.3 is 10.6 Å². The first kappa shape index (κ1) is 29.7. The van der Waals surface area contributed by atoms with Gasteiger partial charge in [-0.2, -0.15) is 13.2 Å². The van der Waals surface area contributed by atoms with Gasteiger partial charge >= 0.3 is 6.18 Å². The highest BCUT2D eigenvalue weighted by Crippen LogP contribution is 2.41. The van der Waals surface area contributed by atoms with Crippen LogP contribution < -0.4 is 10.6 Å². The van der Waals surface area contributed by atoms with Crippen molar-refractivity contribution < 1.29 is 40.3 Å². The summed E-state index contributed by atoms with van der Waals surface area (Å²) in [6, 6.07) is 20.9. The summed E-state index contributed by atoms with van der Waals surface area (Å²) in [5.41, 5.74) is -2.50. The van der Waals surface area contributed by atoms with E-state index in [-0.39, 0.29) is 0 Å². The summed E-state index contributed by atoms with van der Waals surface area (Å²) in [6.45, 7) is 1.83. The van der Waals surface area contributed by atoms with Gasteiger partial charge in [-0.1, -0.05) is 54.1 Å². The third-order valence-corrected chi connectivity index (χ3v) is 7.01. The van der Waals surface area contributed by atoms with Crippen molar-refractivity contribution in [3.63, 3.8) is 0 Å². The zero-order valence-corrected chi connectivity index (χ0v) is 21.8. The van der Waals surface area contributed by atoms with Crippen LogP contribution in [0.2, 0.25) is 0 Å². The first-order chi connectivity index (χ1) is 19.4. The van der Waals surface area contributed by atoms with Gasteiger partial charge in [-0.3, -0.25) is 9.59 Å². The summed E-state index contributed by atoms with van der Waals surface area (Å²) in [5, 5.41) is 3.14. The number of thioether (sulfide) groups is 1. The third-order valence-electron chi connectivity index (χ3n) is 5.76. The van der Waals surface area contributed by atoms with Gasteiger partial charge in [0.15, 0.2) is 23.3 Å². The fraction of sp³-hybridized carbons (Fsp3) is 0.103. The van der Waals surface area contributed by atoms with Gasteiger partial charge in [0.2, 0.25) is 5.91 Å². The van der Waals surface area contributed by atoms with E-state index in [0.29, 0.717) is 21.7 Å². The molecule has 212 valence electrons. The van der Waals surface area contributed by atoms with Crippen molar-refractivity contribution in [1.82, 2.24) is 0 Å². The van der Waals surface area contributed by atoms with Crippen molar-refractivity contribution in [2.45, 2.75) is 23.2 Å². The molecule has 0 heterocycles. The molecule has 0 saturated carbocycles. The predicted molar refractivity (Wildman–Crippen MR) is 141 cm³/mol. The van der Waals surface area contributed by atoms with Crippen LogP contribution in [0.25, 0.3) is 0 Å². The van der Waals surface area contributed by atoms with E-state index in [1.54, 1.807) is 59.9 Å². The first-order valence-electron chi connectivity index (χ1n) is 11.8. The molecule has 2 amide bonds. The number of benzene rings is 4. The lowest BCUT2D eigenvalue weighted by molar-refractivity contribution is -0.143. The minimum atomic E-state index is -5.72. The molecule has 12 heteroatoms. The maximum atomic E-state index is 14.5. The van der Waals surface area contributed by atoms with Crippen LogP contribution in [0.3, 0.4) is 0 Å². The molecule has 0 spiro atoms. The number of anilines is 2. The monoisotopic (exact) mass is 592 g/mol. The second kappa shape index (κ2) is 12.0. The van der Waals surface area contributed by atoms with E-state index in [4.69, 9.17) is 0 Å². The Kier molecular flexibility index (Phi) is 8.72. The van der Waals surface area contributed by atoms with Crippen LogP contribution in [0.4, 0.5) is 42.1 Å². The highest BCUT2D eigenvalue weighted by atomic mass is 32.2. The molecule has 4 nitrogen and oxygen atoms in total. The average Bonchev–Trinajstić information content (AvgIpc) is 2.93. The second-order valence-corrected chi connectivity index (χ2v) is 9.93. The maximum absolute atomic E-state index is 14.5. The number of amides is 2. The summed E-state index contributed by atoms with van der Waals surface area (Å²) < 4.78 is 96.1. The van der Waals surface area contributed by atoms with Crippen molar-refractivity contribution in [3.05, 3.63) is 124 Å². The van der Waals surface area contributed by atoms with Crippen molar-refractivity contribution in [3.8, 4) is 0 Å². The molecule has 4 aromatic rings. The highest BCUT2D eigenvalue weighted by molar-refractivity contribution is 8.00. The van der Waals surface area contributed by atoms with Gasteiger partial charge in [0.05, 0.1) is 0 Å². The number of halogens is 7. The standard InChI is InChI=1S/C29H19F7N2O2S/c1-15-7-5-10-17(13-15)27(39)37-18-11-6-12-19(14-18)41-26(16-8-3-2-4-9-16)28(40)38-25-23(32)21(30)20(29(34,35)36)22(31)24(25)33/h2-14,26H,1H3,(H,37,39)(H,38,40). The molecular weight excluding hydrogens is 573 g/mol. The Morgan fingerprint density at radius 2 is 1.39 bits per heavy atom. The Hall–Kier alpha value is -4.32. The molecule has 1 atom stereocenters. The number of hydrogen-bond acceptors (Lipinski definition) is 3. The Balaban J connectivity index is 1.63. The number of hydrogen-bond donors (Lipinski definition) is 2. The SMILES string of the molecule is Cc1cccc(C(=O)Nc2cccc(SC(C(=O)Nc3c(F)c(F)c(C(F)(F)F)c(F)c3F)c3ccccc3)c2)c1. The van der Waals surface area contributed by atoms with Gasteiger partial charge in [-0.15, -0.1) is 11.8 Å². The molecule has 0 aliphatic rings. The number of alkyl halides is 3. The minimum Gasteiger partial charge on any atom is -0.322 e. The fourth-order valence-corrected chi connectivity index (χ4v) is 4.94. The molecule has 4 aromatic carbocycles. The van der Waals surface area contributed by atoms with Crippen LogP contribution in [0.15, 0.2) is 83.8 Å². The average molecular weight is 593 g/mol. The van der Waals surface area contributed by atoms with E-state index in [1.165, 1.54) is 18.2 Å². The molecule has 0 saturated heterocycles. The molecule has 0 radical (unpaired) electrons. The molecule has 0 aliphatic heterocycles. The molecule has 1 unspecified atom stereocenters. The molecule has 0 bridgehead atoms. The first-order valence-corrected chi connectivity index (χ1v) is 12.7. The minimum absolute atomic E-state index is 0.304. The quantitative estimate of drug-likeness (QED) is 0.129. The van der Waals surface area contributed by atoms with Gasteiger partial charge in [-0.25, -0.2) is 17.6 Å². The Bertz CT molecular complexity index is 1580. The fourth-order valence-electron chi connectivity index (χ4n) is 3.85. The lowest BCUT2D eigenvalue weighted by atomic mass is 10.1. The van der Waals surface area contributed by atoms with Crippen molar-refractivity contribution >= 4 is 35.0 Å². The van der Waals surface area contributed by atoms with Crippen LogP contribution >= 0.6 is 11.8 Å².